The minimum absolute atomic E-state index is 0.749. The molecule has 0 aliphatic carbocycles. The normalized spacial score (nSPS) is 16.6. The van der Waals surface area contributed by atoms with Gasteiger partial charge in [-0.05, 0) is 37.4 Å². The van der Waals surface area contributed by atoms with E-state index >= 15 is 0 Å². The van der Waals surface area contributed by atoms with Crippen LogP contribution in [0.15, 0.2) is 48.9 Å². The smallest absolute Gasteiger partial charge is 0.146 e. The molecule has 0 spiro atoms. The lowest BCUT2D eigenvalue weighted by atomic mass is 9.96. The predicted molar refractivity (Wildman–Crippen MR) is 89.7 cm³/mol. The molecule has 1 saturated heterocycles. The quantitative estimate of drug-likeness (QED) is 0.849. The van der Waals surface area contributed by atoms with Crippen LogP contribution in [0, 0.1) is 5.92 Å². The fourth-order valence-corrected chi connectivity index (χ4v) is 3.14. The molecule has 0 bridgehead atoms. The Bertz CT molecular complexity index is 550. The SMILES string of the molecule is CN(CC1CCN(Cc2ccccc2)CC1)c1cnccn1. The summed E-state index contributed by atoms with van der Waals surface area (Å²) in [6, 6.07) is 10.8. The molecule has 1 fully saturated rings. The summed E-state index contributed by atoms with van der Waals surface area (Å²) >= 11 is 0. The van der Waals surface area contributed by atoms with Crippen molar-refractivity contribution in [2.45, 2.75) is 19.4 Å². The summed E-state index contributed by atoms with van der Waals surface area (Å²) in [5.41, 5.74) is 1.41. The number of likely N-dealkylation sites (tertiary alicyclic amines) is 1. The van der Waals surface area contributed by atoms with E-state index in [2.05, 4.69) is 57.1 Å². The van der Waals surface area contributed by atoms with E-state index in [1.54, 1.807) is 12.4 Å². The summed E-state index contributed by atoms with van der Waals surface area (Å²) in [5, 5.41) is 0. The van der Waals surface area contributed by atoms with E-state index in [1.807, 2.05) is 6.20 Å². The topological polar surface area (TPSA) is 32.3 Å². The minimum Gasteiger partial charge on any atom is -0.358 e. The van der Waals surface area contributed by atoms with E-state index in [9.17, 15) is 0 Å². The van der Waals surface area contributed by atoms with Gasteiger partial charge in [-0.25, -0.2) is 4.98 Å². The molecule has 1 aliphatic heterocycles. The van der Waals surface area contributed by atoms with Gasteiger partial charge in [0.1, 0.15) is 5.82 Å². The van der Waals surface area contributed by atoms with Gasteiger partial charge in [-0.1, -0.05) is 30.3 Å². The number of aromatic nitrogens is 2. The van der Waals surface area contributed by atoms with Crippen LogP contribution in [0.5, 0.6) is 0 Å². The van der Waals surface area contributed by atoms with E-state index < -0.39 is 0 Å². The van der Waals surface area contributed by atoms with Crippen molar-refractivity contribution in [3.05, 3.63) is 54.5 Å². The van der Waals surface area contributed by atoms with Crippen molar-refractivity contribution >= 4 is 5.82 Å². The first-order valence-corrected chi connectivity index (χ1v) is 8.04. The van der Waals surface area contributed by atoms with Crippen molar-refractivity contribution in [3.63, 3.8) is 0 Å². The van der Waals surface area contributed by atoms with Gasteiger partial charge in [0, 0.05) is 32.5 Å². The average molecular weight is 296 g/mol. The van der Waals surface area contributed by atoms with Crippen LogP contribution in [-0.2, 0) is 6.54 Å². The molecule has 116 valence electrons. The predicted octanol–water partition coefficient (Wildman–Crippen LogP) is 2.83. The minimum atomic E-state index is 0.749. The van der Waals surface area contributed by atoms with E-state index in [-0.39, 0.29) is 0 Å². The van der Waals surface area contributed by atoms with Gasteiger partial charge in [0.2, 0.25) is 0 Å². The van der Waals surface area contributed by atoms with Crippen molar-refractivity contribution in [2.75, 3.05) is 31.6 Å². The first-order valence-electron chi connectivity index (χ1n) is 8.04. The van der Waals surface area contributed by atoms with E-state index in [0.29, 0.717) is 0 Å². The number of anilines is 1. The molecular formula is C18H24N4. The van der Waals surface area contributed by atoms with Gasteiger partial charge in [-0.3, -0.25) is 9.88 Å². The summed E-state index contributed by atoms with van der Waals surface area (Å²) in [6.07, 6.45) is 7.84. The number of hydrogen-bond donors (Lipinski definition) is 0. The fraction of sp³-hybridized carbons (Fsp3) is 0.444. The Morgan fingerprint density at radius 2 is 1.91 bits per heavy atom. The molecule has 0 radical (unpaired) electrons. The van der Waals surface area contributed by atoms with Gasteiger partial charge in [0.25, 0.3) is 0 Å². The van der Waals surface area contributed by atoms with Gasteiger partial charge in [-0.15, -0.1) is 0 Å². The van der Waals surface area contributed by atoms with Crippen molar-refractivity contribution in [3.8, 4) is 0 Å². The monoisotopic (exact) mass is 296 g/mol. The molecule has 0 N–H and O–H groups in total. The maximum atomic E-state index is 4.37. The molecule has 0 amide bonds. The van der Waals surface area contributed by atoms with Crippen LogP contribution in [0.2, 0.25) is 0 Å². The molecule has 4 heteroatoms. The number of nitrogens with zero attached hydrogens (tertiary/aromatic N) is 4. The van der Waals surface area contributed by atoms with E-state index in [1.165, 1.54) is 31.5 Å². The lowest BCUT2D eigenvalue weighted by Gasteiger charge is -2.34. The van der Waals surface area contributed by atoms with Gasteiger partial charge < -0.3 is 4.90 Å². The highest BCUT2D eigenvalue weighted by Crippen LogP contribution is 2.21. The molecule has 1 aliphatic rings. The highest BCUT2D eigenvalue weighted by Gasteiger charge is 2.20. The van der Waals surface area contributed by atoms with Crippen molar-refractivity contribution in [1.29, 1.82) is 0 Å². The highest BCUT2D eigenvalue weighted by atomic mass is 15.2. The maximum Gasteiger partial charge on any atom is 0.146 e. The third kappa shape index (κ3) is 4.04. The number of benzene rings is 1. The van der Waals surface area contributed by atoms with Crippen LogP contribution < -0.4 is 4.90 Å². The van der Waals surface area contributed by atoms with Crippen LogP contribution in [-0.4, -0.2) is 41.5 Å². The van der Waals surface area contributed by atoms with E-state index in [4.69, 9.17) is 0 Å². The second-order valence-electron chi connectivity index (χ2n) is 6.15. The van der Waals surface area contributed by atoms with Crippen LogP contribution >= 0.6 is 0 Å². The molecule has 0 unspecified atom stereocenters. The fourth-order valence-electron chi connectivity index (χ4n) is 3.14. The zero-order valence-electron chi connectivity index (χ0n) is 13.2. The van der Waals surface area contributed by atoms with Crippen molar-refractivity contribution < 1.29 is 0 Å². The molecule has 3 rings (SSSR count). The summed E-state index contributed by atoms with van der Waals surface area (Å²) in [5.74, 6) is 1.72. The molecular weight excluding hydrogens is 272 g/mol. The first kappa shape index (κ1) is 15.0. The summed E-state index contributed by atoms with van der Waals surface area (Å²) in [4.78, 5) is 13.3. The van der Waals surface area contributed by atoms with Gasteiger partial charge in [0.05, 0.1) is 6.20 Å². The molecule has 0 saturated carbocycles. The molecule has 1 aromatic carbocycles. The zero-order valence-corrected chi connectivity index (χ0v) is 13.2. The molecule has 2 heterocycles. The zero-order chi connectivity index (χ0) is 15.2. The van der Waals surface area contributed by atoms with Gasteiger partial charge >= 0.3 is 0 Å². The summed E-state index contributed by atoms with van der Waals surface area (Å²) < 4.78 is 0. The molecule has 1 aromatic heterocycles. The molecule has 2 aromatic rings. The second kappa shape index (κ2) is 7.36. The third-order valence-corrected chi connectivity index (χ3v) is 4.43. The Morgan fingerprint density at radius 3 is 2.59 bits per heavy atom. The summed E-state index contributed by atoms with van der Waals surface area (Å²) in [6.45, 7) is 4.52. The van der Waals surface area contributed by atoms with Crippen LogP contribution in [0.1, 0.15) is 18.4 Å². The van der Waals surface area contributed by atoms with E-state index in [0.717, 1.165) is 24.8 Å². The largest absolute Gasteiger partial charge is 0.358 e. The Morgan fingerprint density at radius 1 is 1.14 bits per heavy atom. The number of hydrogen-bond acceptors (Lipinski definition) is 4. The van der Waals surface area contributed by atoms with Gasteiger partial charge in [0.15, 0.2) is 0 Å². The summed E-state index contributed by atoms with van der Waals surface area (Å²) in [7, 11) is 2.11. The Labute approximate surface area is 132 Å². The van der Waals surface area contributed by atoms with Crippen LogP contribution in [0.4, 0.5) is 5.82 Å². The Kier molecular flexibility index (Phi) is 5.01. The van der Waals surface area contributed by atoms with Crippen LogP contribution in [0.25, 0.3) is 0 Å². The van der Waals surface area contributed by atoms with Crippen molar-refractivity contribution in [2.24, 2.45) is 5.92 Å². The maximum absolute atomic E-state index is 4.37. The Balaban J connectivity index is 1.46. The number of rotatable bonds is 5. The molecule has 0 atom stereocenters. The Hall–Kier alpha value is -1.94. The average Bonchev–Trinajstić information content (AvgIpc) is 2.58. The lowest BCUT2D eigenvalue weighted by molar-refractivity contribution is 0.179. The molecule has 4 nitrogen and oxygen atoms in total. The highest BCUT2D eigenvalue weighted by molar-refractivity contribution is 5.33. The lowest BCUT2D eigenvalue weighted by Crippen LogP contribution is -2.37. The first-order chi connectivity index (χ1) is 10.8. The van der Waals surface area contributed by atoms with Crippen LogP contribution in [0.3, 0.4) is 0 Å². The number of piperidine rings is 1. The molecule has 22 heavy (non-hydrogen) atoms. The third-order valence-electron chi connectivity index (χ3n) is 4.43. The second-order valence-corrected chi connectivity index (χ2v) is 6.15. The van der Waals surface area contributed by atoms with Crippen molar-refractivity contribution in [1.82, 2.24) is 14.9 Å². The standard InChI is InChI=1S/C18H24N4/c1-21(18-13-19-9-10-20-18)14-17-7-11-22(12-8-17)15-16-5-3-2-4-6-16/h2-6,9-10,13,17H,7-8,11-12,14-15H2,1H3. The van der Waals surface area contributed by atoms with Gasteiger partial charge in [-0.2, -0.15) is 0 Å².